The molecule has 0 aliphatic carbocycles. The fraction of sp³-hybridized carbons (Fsp3) is 0.200. The van der Waals surface area contributed by atoms with Gasteiger partial charge in [-0.1, -0.05) is 15.9 Å². The maximum absolute atomic E-state index is 12.3. The molecule has 6 nitrogen and oxygen atoms in total. The molecule has 7 heteroatoms. The molecule has 2 aromatic carbocycles. The molecule has 0 fully saturated rings. The molecule has 0 saturated heterocycles. The topological polar surface area (TPSA) is 73.1 Å². The Hall–Kier alpha value is -2.80. The van der Waals surface area contributed by atoms with Crippen LogP contribution >= 0.6 is 15.9 Å². The normalized spacial score (nSPS) is 11.1. The third-order valence-electron chi connectivity index (χ3n) is 3.66. The number of furan rings is 1. The highest BCUT2D eigenvalue weighted by molar-refractivity contribution is 9.10. The lowest BCUT2D eigenvalue weighted by Crippen LogP contribution is -2.16. The molecule has 3 aromatic rings. The van der Waals surface area contributed by atoms with E-state index in [0.717, 1.165) is 21.2 Å². The lowest BCUT2D eigenvalue weighted by molar-refractivity contribution is 0.0929. The first-order valence-corrected chi connectivity index (χ1v) is 9.32. The SMILES string of the molecule is CCOc1ccc2oc(C(=O)N/N=C/c3cc(Br)ccc3OCC)cc2c1. The van der Waals surface area contributed by atoms with Crippen LogP contribution in [0.4, 0.5) is 0 Å². The summed E-state index contributed by atoms with van der Waals surface area (Å²) in [5, 5.41) is 4.80. The Balaban J connectivity index is 1.73. The first-order valence-electron chi connectivity index (χ1n) is 8.53. The van der Waals surface area contributed by atoms with Crippen molar-refractivity contribution in [2.75, 3.05) is 13.2 Å². The van der Waals surface area contributed by atoms with Gasteiger partial charge in [0.25, 0.3) is 0 Å². The van der Waals surface area contributed by atoms with Crippen LogP contribution in [-0.4, -0.2) is 25.3 Å². The third-order valence-corrected chi connectivity index (χ3v) is 4.16. The number of hydrogen-bond donors (Lipinski definition) is 1. The lowest BCUT2D eigenvalue weighted by atomic mass is 10.2. The Morgan fingerprint density at radius 3 is 2.74 bits per heavy atom. The smallest absolute Gasteiger partial charge is 0.307 e. The van der Waals surface area contributed by atoms with Crippen molar-refractivity contribution in [2.24, 2.45) is 5.10 Å². The van der Waals surface area contributed by atoms with Gasteiger partial charge in [0.1, 0.15) is 17.1 Å². The number of fused-ring (bicyclic) bond motifs is 1. The van der Waals surface area contributed by atoms with Crippen LogP contribution in [0.15, 0.2) is 56.5 Å². The molecule has 1 aromatic heterocycles. The van der Waals surface area contributed by atoms with Gasteiger partial charge in [-0.15, -0.1) is 0 Å². The van der Waals surface area contributed by atoms with Crippen LogP contribution in [0.3, 0.4) is 0 Å². The van der Waals surface area contributed by atoms with Crippen LogP contribution in [0.2, 0.25) is 0 Å². The Kier molecular flexibility index (Phi) is 6.13. The second-order valence-corrected chi connectivity index (χ2v) is 6.47. The van der Waals surface area contributed by atoms with Gasteiger partial charge in [-0.3, -0.25) is 4.79 Å². The summed E-state index contributed by atoms with van der Waals surface area (Å²) in [6.07, 6.45) is 1.53. The molecular formula is C20H19BrN2O4. The molecule has 1 amide bonds. The monoisotopic (exact) mass is 430 g/mol. The number of rotatable bonds is 7. The molecule has 0 aliphatic rings. The summed E-state index contributed by atoms with van der Waals surface area (Å²) in [5.74, 6) is 1.16. The second-order valence-electron chi connectivity index (χ2n) is 5.56. The lowest BCUT2D eigenvalue weighted by Gasteiger charge is -2.06. The summed E-state index contributed by atoms with van der Waals surface area (Å²) < 4.78 is 17.5. The van der Waals surface area contributed by atoms with Crippen LogP contribution in [0.5, 0.6) is 11.5 Å². The zero-order chi connectivity index (χ0) is 19.2. The van der Waals surface area contributed by atoms with Gasteiger partial charge >= 0.3 is 5.91 Å². The van der Waals surface area contributed by atoms with Crippen LogP contribution in [-0.2, 0) is 0 Å². The predicted octanol–water partition coefficient (Wildman–Crippen LogP) is 4.76. The number of benzene rings is 2. The second kappa shape index (κ2) is 8.73. The Bertz CT molecular complexity index is 981. The quantitative estimate of drug-likeness (QED) is 0.433. The number of halogens is 1. The van der Waals surface area contributed by atoms with Gasteiger partial charge in [0, 0.05) is 15.4 Å². The highest BCUT2D eigenvalue weighted by atomic mass is 79.9. The highest BCUT2D eigenvalue weighted by Gasteiger charge is 2.12. The summed E-state index contributed by atoms with van der Waals surface area (Å²) in [7, 11) is 0. The predicted molar refractivity (Wildman–Crippen MR) is 108 cm³/mol. The van der Waals surface area contributed by atoms with E-state index in [-0.39, 0.29) is 5.76 Å². The summed E-state index contributed by atoms with van der Waals surface area (Å²) in [6, 6.07) is 12.6. The van der Waals surface area contributed by atoms with Crippen LogP contribution in [0.1, 0.15) is 30.0 Å². The van der Waals surface area contributed by atoms with Gasteiger partial charge in [0.15, 0.2) is 5.76 Å². The Morgan fingerprint density at radius 1 is 1.15 bits per heavy atom. The molecule has 0 saturated carbocycles. The summed E-state index contributed by atoms with van der Waals surface area (Å²) in [4.78, 5) is 12.3. The summed E-state index contributed by atoms with van der Waals surface area (Å²) in [6.45, 7) is 4.93. The van der Waals surface area contributed by atoms with Crippen molar-refractivity contribution in [3.05, 3.63) is 58.3 Å². The number of nitrogens with zero attached hydrogens (tertiary/aromatic N) is 1. The first-order chi connectivity index (χ1) is 13.1. The molecular weight excluding hydrogens is 412 g/mol. The van der Waals surface area contributed by atoms with Crippen molar-refractivity contribution < 1.29 is 18.7 Å². The zero-order valence-corrected chi connectivity index (χ0v) is 16.6. The van der Waals surface area contributed by atoms with E-state index >= 15 is 0 Å². The number of carbonyl (C=O) groups excluding carboxylic acids is 1. The van der Waals surface area contributed by atoms with E-state index in [0.29, 0.717) is 24.5 Å². The molecule has 1 heterocycles. The summed E-state index contributed by atoms with van der Waals surface area (Å²) >= 11 is 3.41. The van der Waals surface area contributed by atoms with Crippen molar-refractivity contribution >= 4 is 39.0 Å². The van der Waals surface area contributed by atoms with Gasteiger partial charge < -0.3 is 13.9 Å². The van der Waals surface area contributed by atoms with E-state index in [1.165, 1.54) is 6.21 Å². The molecule has 0 radical (unpaired) electrons. The van der Waals surface area contributed by atoms with Gasteiger partial charge in [0.05, 0.1) is 19.4 Å². The number of amides is 1. The van der Waals surface area contributed by atoms with E-state index in [1.54, 1.807) is 18.2 Å². The van der Waals surface area contributed by atoms with Gasteiger partial charge in [-0.25, -0.2) is 5.43 Å². The van der Waals surface area contributed by atoms with Crippen molar-refractivity contribution in [3.63, 3.8) is 0 Å². The minimum atomic E-state index is -0.437. The number of nitrogens with one attached hydrogen (secondary N) is 1. The Labute approximate surface area is 165 Å². The zero-order valence-electron chi connectivity index (χ0n) is 15.0. The average molecular weight is 431 g/mol. The van der Waals surface area contributed by atoms with E-state index in [2.05, 4.69) is 26.5 Å². The van der Waals surface area contributed by atoms with Crippen LogP contribution in [0.25, 0.3) is 11.0 Å². The minimum Gasteiger partial charge on any atom is -0.494 e. The Morgan fingerprint density at radius 2 is 1.96 bits per heavy atom. The van der Waals surface area contributed by atoms with Gasteiger partial charge in [-0.2, -0.15) is 5.10 Å². The fourth-order valence-corrected chi connectivity index (χ4v) is 2.89. The molecule has 0 unspecified atom stereocenters. The van der Waals surface area contributed by atoms with E-state index < -0.39 is 5.91 Å². The van der Waals surface area contributed by atoms with E-state index in [4.69, 9.17) is 13.9 Å². The molecule has 3 rings (SSSR count). The maximum Gasteiger partial charge on any atom is 0.307 e. The number of hydrazone groups is 1. The van der Waals surface area contributed by atoms with Crippen LogP contribution in [0, 0.1) is 0 Å². The molecule has 27 heavy (non-hydrogen) atoms. The van der Waals surface area contributed by atoms with Crippen molar-refractivity contribution in [1.29, 1.82) is 0 Å². The molecule has 140 valence electrons. The molecule has 0 spiro atoms. The number of ether oxygens (including phenoxy) is 2. The molecule has 0 aliphatic heterocycles. The fourth-order valence-electron chi connectivity index (χ4n) is 2.51. The van der Waals surface area contributed by atoms with Crippen LogP contribution < -0.4 is 14.9 Å². The first kappa shape index (κ1) is 19.0. The van der Waals surface area contributed by atoms with Crippen molar-refractivity contribution in [3.8, 4) is 11.5 Å². The van der Waals surface area contributed by atoms with Crippen molar-refractivity contribution in [1.82, 2.24) is 5.43 Å². The highest BCUT2D eigenvalue weighted by Crippen LogP contribution is 2.24. The van der Waals surface area contributed by atoms with E-state index in [1.807, 2.05) is 38.1 Å². The van der Waals surface area contributed by atoms with E-state index in [9.17, 15) is 4.79 Å². The summed E-state index contributed by atoms with van der Waals surface area (Å²) in [5.41, 5.74) is 3.83. The van der Waals surface area contributed by atoms with Crippen molar-refractivity contribution in [2.45, 2.75) is 13.8 Å². The number of hydrogen-bond acceptors (Lipinski definition) is 5. The maximum atomic E-state index is 12.3. The standard InChI is InChI=1S/C20H19BrN2O4/c1-3-25-16-6-8-18-13(10-16)11-19(27-18)20(24)23-22-12-14-9-15(21)5-7-17(14)26-4-2/h5-12H,3-4H2,1-2H3,(H,23,24)/b22-12+. The van der Waals surface area contributed by atoms with Gasteiger partial charge in [-0.05, 0) is 56.3 Å². The molecule has 1 N–H and O–H groups in total. The molecule has 0 bridgehead atoms. The number of carbonyl (C=O) groups is 1. The largest absolute Gasteiger partial charge is 0.494 e. The third kappa shape index (κ3) is 4.68. The van der Waals surface area contributed by atoms with Gasteiger partial charge in [0.2, 0.25) is 0 Å². The average Bonchev–Trinajstić information content (AvgIpc) is 3.08. The molecule has 0 atom stereocenters. The minimum absolute atomic E-state index is 0.176.